The molecule has 2 fully saturated rings. The molecule has 4 aromatic rings. The Hall–Kier alpha value is -3.11. The number of aromatic nitrogens is 4. The smallest absolute Gasteiger partial charge is 0.251 e. The predicted molar refractivity (Wildman–Crippen MR) is 129 cm³/mol. The van der Waals surface area contributed by atoms with Gasteiger partial charge in [0.15, 0.2) is 5.16 Å². The Morgan fingerprint density at radius 1 is 1.27 bits per heavy atom. The molecule has 10 heteroatoms. The number of nitrogens with two attached hydrogens (primary N) is 1. The fraction of sp³-hybridized carbons (Fsp3) is 0.348. The van der Waals surface area contributed by atoms with Crippen LogP contribution < -0.4 is 21.5 Å². The zero-order valence-electron chi connectivity index (χ0n) is 18.3. The minimum absolute atomic E-state index is 0.0908. The van der Waals surface area contributed by atoms with Crippen molar-refractivity contribution in [3.8, 4) is 0 Å². The van der Waals surface area contributed by atoms with E-state index in [2.05, 4.69) is 15.2 Å². The number of nitrogens with zero attached hydrogens (tertiary/aromatic N) is 4. The molecule has 8 nitrogen and oxygen atoms in total. The van der Waals surface area contributed by atoms with Crippen LogP contribution in [0.1, 0.15) is 12.8 Å². The van der Waals surface area contributed by atoms with Crippen molar-refractivity contribution in [1.29, 1.82) is 0 Å². The molecule has 1 aliphatic carbocycles. The van der Waals surface area contributed by atoms with Crippen molar-refractivity contribution in [2.24, 2.45) is 18.7 Å². The van der Waals surface area contributed by atoms with E-state index in [1.807, 2.05) is 6.07 Å². The summed E-state index contributed by atoms with van der Waals surface area (Å²) in [6.07, 6.45) is 3.70. The van der Waals surface area contributed by atoms with Gasteiger partial charge in [-0.3, -0.25) is 4.79 Å². The fourth-order valence-electron chi connectivity index (χ4n) is 5.23. The highest BCUT2D eigenvalue weighted by Crippen LogP contribution is 2.44. The summed E-state index contributed by atoms with van der Waals surface area (Å²) in [6.45, 7) is 0.828. The Balaban J connectivity index is 1.55. The quantitative estimate of drug-likeness (QED) is 0.398. The lowest BCUT2D eigenvalue weighted by Gasteiger charge is -2.31. The highest BCUT2D eigenvalue weighted by Gasteiger charge is 2.44. The van der Waals surface area contributed by atoms with Crippen LogP contribution in [0.2, 0.25) is 0 Å². The van der Waals surface area contributed by atoms with E-state index in [0.717, 1.165) is 46.4 Å². The van der Waals surface area contributed by atoms with Gasteiger partial charge in [-0.2, -0.15) is 0 Å². The Labute approximate surface area is 193 Å². The molecule has 0 unspecified atom stereocenters. The second-order valence-electron chi connectivity index (χ2n) is 8.92. The van der Waals surface area contributed by atoms with E-state index in [4.69, 9.17) is 15.7 Å². The number of fused-ring (bicyclic) bond motifs is 5. The van der Waals surface area contributed by atoms with Crippen molar-refractivity contribution in [1.82, 2.24) is 19.5 Å². The van der Waals surface area contributed by atoms with Crippen LogP contribution in [0.25, 0.3) is 21.9 Å². The largest absolute Gasteiger partial charge is 0.386 e. The van der Waals surface area contributed by atoms with Crippen molar-refractivity contribution in [2.75, 3.05) is 23.8 Å². The first-order valence-electron chi connectivity index (χ1n) is 11.0. The fourth-order valence-corrected chi connectivity index (χ4v) is 6.00. The maximum Gasteiger partial charge on any atom is 0.251 e. The lowest BCUT2D eigenvalue weighted by molar-refractivity contribution is 0.471. The molecular weight excluding hydrogens is 441 g/mol. The molecular formula is C23H24FN7OS. The zero-order chi connectivity index (χ0) is 22.9. The number of aryl methyl sites for hydroxylation is 1. The van der Waals surface area contributed by atoms with Crippen molar-refractivity contribution in [3.05, 3.63) is 46.6 Å². The van der Waals surface area contributed by atoms with Crippen LogP contribution in [0.15, 0.2) is 45.3 Å². The number of halogens is 1. The molecule has 1 aromatic carbocycles. The molecule has 2 aliphatic rings. The molecule has 4 heterocycles. The first-order valence-corrected chi connectivity index (χ1v) is 11.8. The van der Waals surface area contributed by atoms with Crippen molar-refractivity contribution in [3.63, 3.8) is 0 Å². The van der Waals surface area contributed by atoms with Crippen molar-refractivity contribution < 1.29 is 4.39 Å². The van der Waals surface area contributed by atoms with Crippen molar-refractivity contribution in [2.45, 2.75) is 35.0 Å². The standard InChI is InChI=1S/C23H24FN7OS/c1-26-17-7-12(24)6-15-19-21(27-20(15)17)28-23(33-14-3-4-30(2)18(32)9-14)29-22(19)31-10-11-5-13(31)8-16(11)25/h3-4,6-7,9,11,13,16,26H,5,8,10,25H2,1-2H3,(H,27,28,29)/t11-,13-,16-/m1/s1. The zero-order valence-corrected chi connectivity index (χ0v) is 19.1. The van der Waals surface area contributed by atoms with Gasteiger partial charge < -0.3 is 25.5 Å². The van der Waals surface area contributed by atoms with Crippen LogP contribution >= 0.6 is 11.8 Å². The van der Waals surface area contributed by atoms with Crippen LogP contribution in [-0.4, -0.2) is 45.2 Å². The van der Waals surface area contributed by atoms with Crippen LogP contribution in [-0.2, 0) is 7.05 Å². The molecule has 6 rings (SSSR count). The minimum atomic E-state index is -0.317. The number of anilines is 2. The third-order valence-corrected chi connectivity index (χ3v) is 7.76. The average molecular weight is 466 g/mol. The van der Waals surface area contributed by atoms with Crippen LogP contribution in [0.5, 0.6) is 0 Å². The van der Waals surface area contributed by atoms with Gasteiger partial charge in [0.05, 0.1) is 16.6 Å². The lowest BCUT2D eigenvalue weighted by atomic mass is 10.0. The molecule has 1 aliphatic heterocycles. The molecule has 1 saturated carbocycles. The molecule has 0 spiro atoms. The lowest BCUT2D eigenvalue weighted by Crippen LogP contribution is -2.41. The molecule has 0 radical (unpaired) electrons. The summed E-state index contributed by atoms with van der Waals surface area (Å²) in [4.78, 5) is 28.3. The Kier molecular flexibility index (Phi) is 4.63. The normalized spacial score (nSPS) is 22.1. The van der Waals surface area contributed by atoms with E-state index >= 15 is 0 Å². The van der Waals surface area contributed by atoms with E-state index in [0.29, 0.717) is 28.5 Å². The Morgan fingerprint density at radius 2 is 2.12 bits per heavy atom. The van der Waals surface area contributed by atoms with Crippen LogP contribution in [0.4, 0.5) is 15.9 Å². The van der Waals surface area contributed by atoms with Gasteiger partial charge in [-0.1, -0.05) is 0 Å². The SMILES string of the molecule is CNc1cc(F)cc2c1[nH]c1nc(Sc3ccn(C)c(=O)c3)nc(N3C[C@H]4C[C@@H]3C[C@H]4N)c12. The van der Waals surface area contributed by atoms with E-state index in [1.165, 1.54) is 28.5 Å². The molecule has 1 saturated heterocycles. The van der Waals surface area contributed by atoms with Gasteiger partial charge in [-0.05, 0) is 48.7 Å². The van der Waals surface area contributed by atoms with E-state index in [1.54, 1.807) is 26.4 Å². The summed E-state index contributed by atoms with van der Waals surface area (Å²) in [7, 11) is 3.48. The highest BCUT2D eigenvalue weighted by molar-refractivity contribution is 7.99. The van der Waals surface area contributed by atoms with Crippen LogP contribution in [0, 0.1) is 11.7 Å². The van der Waals surface area contributed by atoms with E-state index in [9.17, 15) is 9.18 Å². The number of pyridine rings is 1. The topological polar surface area (TPSA) is 105 Å². The number of benzene rings is 1. The second kappa shape index (κ2) is 7.46. The molecule has 33 heavy (non-hydrogen) atoms. The van der Waals surface area contributed by atoms with Crippen molar-refractivity contribution >= 4 is 45.2 Å². The first kappa shape index (κ1) is 20.5. The van der Waals surface area contributed by atoms with Gasteiger partial charge in [0.25, 0.3) is 5.56 Å². The second-order valence-corrected chi connectivity index (χ2v) is 9.96. The van der Waals surface area contributed by atoms with Gasteiger partial charge >= 0.3 is 0 Å². The van der Waals surface area contributed by atoms with Gasteiger partial charge in [0, 0.05) is 55.3 Å². The first-order chi connectivity index (χ1) is 15.9. The summed E-state index contributed by atoms with van der Waals surface area (Å²) >= 11 is 1.35. The molecule has 3 aromatic heterocycles. The number of rotatable bonds is 4. The van der Waals surface area contributed by atoms with Gasteiger partial charge in [0.1, 0.15) is 17.3 Å². The maximum absolute atomic E-state index is 14.5. The summed E-state index contributed by atoms with van der Waals surface area (Å²) < 4.78 is 16.0. The Bertz CT molecular complexity index is 1460. The summed E-state index contributed by atoms with van der Waals surface area (Å²) in [5.41, 5.74) is 8.32. The Morgan fingerprint density at radius 3 is 2.82 bits per heavy atom. The third kappa shape index (κ3) is 3.27. The minimum Gasteiger partial charge on any atom is -0.386 e. The maximum atomic E-state index is 14.5. The van der Waals surface area contributed by atoms with Crippen LogP contribution in [0.3, 0.4) is 0 Å². The summed E-state index contributed by atoms with van der Waals surface area (Å²) in [5, 5.41) is 5.17. The van der Waals surface area contributed by atoms with Gasteiger partial charge in [-0.15, -0.1) is 0 Å². The molecule has 2 bridgehead atoms. The average Bonchev–Trinajstić information content (AvgIpc) is 3.47. The third-order valence-electron chi connectivity index (χ3n) is 6.91. The highest BCUT2D eigenvalue weighted by atomic mass is 32.2. The van der Waals surface area contributed by atoms with Gasteiger partial charge in [0.2, 0.25) is 0 Å². The van der Waals surface area contributed by atoms with Gasteiger partial charge in [-0.25, -0.2) is 14.4 Å². The number of hydrogen-bond acceptors (Lipinski definition) is 7. The number of H-pyrrole nitrogens is 1. The molecule has 170 valence electrons. The molecule has 4 N–H and O–H groups in total. The number of aromatic amines is 1. The number of nitrogens with one attached hydrogen (secondary N) is 2. The predicted octanol–water partition coefficient (Wildman–Crippen LogP) is 3.07. The molecule has 3 atom stereocenters. The number of piperidine rings is 1. The van der Waals surface area contributed by atoms with E-state index in [-0.39, 0.29) is 17.4 Å². The van der Waals surface area contributed by atoms with E-state index < -0.39 is 0 Å². The summed E-state index contributed by atoms with van der Waals surface area (Å²) in [6, 6.07) is 6.98. The molecule has 0 amide bonds. The number of hydrogen-bond donors (Lipinski definition) is 3. The summed E-state index contributed by atoms with van der Waals surface area (Å²) in [5.74, 6) is 0.912. The monoisotopic (exact) mass is 465 g/mol.